The molecule has 0 aliphatic heterocycles. The fourth-order valence-corrected chi connectivity index (χ4v) is 1.74. The maximum atomic E-state index is 12.5. The molecule has 0 atom stereocenters. The molecule has 2 rings (SSSR count). The van der Waals surface area contributed by atoms with Crippen molar-refractivity contribution < 1.29 is 18.3 Å². The van der Waals surface area contributed by atoms with Crippen molar-refractivity contribution in [2.45, 2.75) is 12.6 Å². The first-order valence-corrected chi connectivity index (χ1v) is 5.40. The van der Waals surface area contributed by atoms with Crippen molar-refractivity contribution in [3.8, 4) is 5.75 Å². The Morgan fingerprint density at radius 3 is 2.33 bits per heavy atom. The van der Waals surface area contributed by atoms with Gasteiger partial charge < -0.3 is 5.11 Å². The Labute approximate surface area is 103 Å². The highest BCUT2D eigenvalue weighted by Gasteiger charge is 2.30. The fourth-order valence-electron chi connectivity index (χ4n) is 1.74. The largest absolute Gasteiger partial charge is 0.508 e. The van der Waals surface area contributed by atoms with Crippen LogP contribution in [0, 0.1) is 0 Å². The molecule has 4 heteroatoms. The smallest absolute Gasteiger partial charge is 0.416 e. The van der Waals surface area contributed by atoms with Crippen LogP contribution in [0.3, 0.4) is 0 Å². The highest BCUT2D eigenvalue weighted by Crippen LogP contribution is 2.30. The molecule has 2 aromatic rings. The topological polar surface area (TPSA) is 20.2 Å². The summed E-state index contributed by atoms with van der Waals surface area (Å²) in [7, 11) is 0. The van der Waals surface area contributed by atoms with Crippen LogP contribution < -0.4 is 0 Å². The van der Waals surface area contributed by atoms with Crippen molar-refractivity contribution in [1.29, 1.82) is 0 Å². The van der Waals surface area contributed by atoms with Gasteiger partial charge >= 0.3 is 6.18 Å². The Morgan fingerprint density at radius 2 is 1.67 bits per heavy atom. The minimum Gasteiger partial charge on any atom is -0.508 e. The maximum Gasteiger partial charge on any atom is 0.416 e. The van der Waals surface area contributed by atoms with Gasteiger partial charge in [0, 0.05) is 6.42 Å². The molecule has 0 bridgehead atoms. The molecule has 2 aromatic carbocycles. The number of halogens is 3. The van der Waals surface area contributed by atoms with Crippen molar-refractivity contribution in [3.05, 3.63) is 65.2 Å². The van der Waals surface area contributed by atoms with Crippen LogP contribution in [0.1, 0.15) is 16.7 Å². The van der Waals surface area contributed by atoms with Crippen LogP contribution in [0.2, 0.25) is 0 Å². The van der Waals surface area contributed by atoms with Crippen LogP contribution in [0.4, 0.5) is 13.2 Å². The van der Waals surface area contributed by atoms with Crippen molar-refractivity contribution in [2.75, 3.05) is 0 Å². The van der Waals surface area contributed by atoms with E-state index in [1.807, 2.05) is 0 Å². The molecule has 0 radical (unpaired) electrons. The zero-order valence-corrected chi connectivity index (χ0v) is 9.41. The summed E-state index contributed by atoms with van der Waals surface area (Å²) in [6.45, 7) is 0. The molecule has 0 spiro atoms. The van der Waals surface area contributed by atoms with E-state index in [0.717, 1.165) is 12.1 Å². The van der Waals surface area contributed by atoms with Gasteiger partial charge in [-0.3, -0.25) is 0 Å². The predicted molar refractivity (Wildman–Crippen MR) is 62.4 cm³/mol. The van der Waals surface area contributed by atoms with Crippen LogP contribution in [0.15, 0.2) is 48.5 Å². The second-order valence-electron chi connectivity index (χ2n) is 4.00. The second-order valence-corrected chi connectivity index (χ2v) is 4.00. The molecule has 0 amide bonds. The van der Waals surface area contributed by atoms with Gasteiger partial charge in [-0.25, -0.2) is 0 Å². The lowest BCUT2D eigenvalue weighted by atomic mass is 10.0. The van der Waals surface area contributed by atoms with E-state index < -0.39 is 11.7 Å². The van der Waals surface area contributed by atoms with Gasteiger partial charge in [0.15, 0.2) is 0 Å². The fraction of sp³-hybridized carbons (Fsp3) is 0.143. The molecule has 1 nitrogen and oxygen atoms in total. The van der Waals surface area contributed by atoms with Gasteiger partial charge in [0.2, 0.25) is 0 Å². The van der Waals surface area contributed by atoms with Crippen molar-refractivity contribution in [2.24, 2.45) is 0 Å². The normalized spacial score (nSPS) is 11.5. The SMILES string of the molecule is Oc1ccccc1Cc1cccc(C(F)(F)F)c1. The van der Waals surface area contributed by atoms with E-state index >= 15 is 0 Å². The van der Waals surface area contributed by atoms with Gasteiger partial charge in [-0.15, -0.1) is 0 Å². The first-order chi connectivity index (χ1) is 8.47. The molecule has 0 unspecified atom stereocenters. The lowest BCUT2D eigenvalue weighted by Crippen LogP contribution is -2.05. The zero-order valence-electron chi connectivity index (χ0n) is 9.41. The second kappa shape index (κ2) is 4.72. The van der Waals surface area contributed by atoms with E-state index in [4.69, 9.17) is 0 Å². The van der Waals surface area contributed by atoms with E-state index in [2.05, 4.69) is 0 Å². The van der Waals surface area contributed by atoms with Crippen LogP contribution in [-0.4, -0.2) is 5.11 Å². The van der Waals surface area contributed by atoms with Crippen LogP contribution in [0.5, 0.6) is 5.75 Å². The third-order valence-electron chi connectivity index (χ3n) is 2.64. The number of alkyl halides is 3. The number of phenols is 1. The molecule has 1 N–H and O–H groups in total. The third-order valence-corrected chi connectivity index (χ3v) is 2.64. The van der Waals surface area contributed by atoms with Gasteiger partial charge in [-0.05, 0) is 23.3 Å². The van der Waals surface area contributed by atoms with Gasteiger partial charge in [0.25, 0.3) is 0 Å². The summed E-state index contributed by atoms with van der Waals surface area (Å²) in [5.41, 5.74) is 0.457. The average Bonchev–Trinajstić information content (AvgIpc) is 2.31. The van der Waals surface area contributed by atoms with Crippen LogP contribution in [-0.2, 0) is 12.6 Å². The number of aromatic hydroxyl groups is 1. The Morgan fingerprint density at radius 1 is 0.944 bits per heavy atom. The van der Waals surface area contributed by atoms with Crippen molar-refractivity contribution in [3.63, 3.8) is 0 Å². The van der Waals surface area contributed by atoms with Gasteiger partial charge in [0.05, 0.1) is 5.56 Å². The lowest BCUT2D eigenvalue weighted by molar-refractivity contribution is -0.137. The van der Waals surface area contributed by atoms with Crippen LogP contribution in [0.25, 0.3) is 0 Å². The Hall–Kier alpha value is -1.97. The summed E-state index contributed by atoms with van der Waals surface area (Å²) < 4.78 is 37.6. The van der Waals surface area contributed by atoms with Gasteiger partial charge in [-0.1, -0.05) is 36.4 Å². The molecule has 0 fully saturated rings. The number of hydrogen-bond acceptors (Lipinski definition) is 1. The summed E-state index contributed by atoms with van der Waals surface area (Å²) in [5, 5.41) is 9.58. The predicted octanol–water partition coefficient (Wildman–Crippen LogP) is 4.00. The first-order valence-electron chi connectivity index (χ1n) is 5.40. The highest BCUT2D eigenvalue weighted by molar-refractivity contribution is 5.37. The van der Waals surface area contributed by atoms with E-state index in [1.54, 1.807) is 24.3 Å². The summed E-state index contributed by atoms with van der Waals surface area (Å²) in [6, 6.07) is 11.7. The monoisotopic (exact) mass is 252 g/mol. The Balaban J connectivity index is 2.28. The van der Waals surface area contributed by atoms with E-state index in [1.165, 1.54) is 12.1 Å². The molecule has 0 heterocycles. The molecule has 0 saturated heterocycles. The summed E-state index contributed by atoms with van der Waals surface area (Å²) in [6.07, 6.45) is -4.06. The summed E-state index contributed by atoms with van der Waals surface area (Å²) in [5.74, 6) is 0.0925. The number of phenolic OH excluding ortho intramolecular Hbond substituents is 1. The third kappa shape index (κ3) is 2.83. The lowest BCUT2D eigenvalue weighted by Gasteiger charge is -2.09. The van der Waals surface area contributed by atoms with E-state index in [0.29, 0.717) is 11.1 Å². The average molecular weight is 252 g/mol. The molecule has 0 saturated carbocycles. The zero-order chi connectivity index (χ0) is 13.2. The first kappa shape index (κ1) is 12.5. The molecule has 94 valence electrons. The highest BCUT2D eigenvalue weighted by atomic mass is 19.4. The number of rotatable bonds is 2. The van der Waals surface area contributed by atoms with Crippen molar-refractivity contribution in [1.82, 2.24) is 0 Å². The minimum absolute atomic E-state index is 0.0925. The summed E-state index contributed by atoms with van der Waals surface area (Å²) >= 11 is 0. The molecular formula is C14H11F3O. The maximum absolute atomic E-state index is 12.5. The molecular weight excluding hydrogens is 241 g/mol. The standard InChI is InChI=1S/C14H11F3O/c15-14(16,17)12-6-3-4-10(9-12)8-11-5-1-2-7-13(11)18/h1-7,9,18H,8H2. The van der Waals surface area contributed by atoms with E-state index in [9.17, 15) is 18.3 Å². The summed E-state index contributed by atoms with van der Waals surface area (Å²) in [4.78, 5) is 0. The Bertz CT molecular complexity index is 547. The quantitative estimate of drug-likeness (QED) is 0.856. The minimum atomic E-state index is -4.34. The molecule has 18 heavy (non-hydrogen) atoms. The number of benzene rings is 2. The Kier molecular flexibility index (Phi) is 3.28. The number of para-hydroxylation sites is 1. The van der Waals surface area contributed by atoms with Gasteiger partial charge in [-0.2, -0.15) is 13.2 Å². The molecule has 0 aliphatic rings. The van der Waals surface area contributed by atoms with Gasteiger partial charge in [0.1, 0.15) is 5.75 Å². The molecule has 0 aliphatic carbocycles. The van der Waals surface area contributed by atoms with Crippen LogP contribution >= 0.6 is 0 Å². The van der Waals surface area contributed by atoms with Crippen molar-refractivity contribution >= 4 is 0 Å². The molecule has 0 aromatic heterocycles. The number of hydrogen-bond donors (Lipinski definition) is 1. The van der Waals surface area contributed by atoms with E-state index in [-0.39, 0.29) is 12.2 Å².